The fraction of sp³-hybridized carbons (Fsp3) is 0.500. The third kappa shape index (κ3) is 5.18. The molecule has 0 aliphatic carbocycles. The van der Waals surface area contributed by atoms with Crippen molar-refractivity contribution in [3.05, 3.63) is 23.8 Å². The number of anilines is 1. The Hall–Kier alpha value is -1.75. The zero-order chi connectivity index (χ0) is 14.1. The Morgan fingerprint density at radius 3 is 2.74 bits per heavy atom. The van der Waals surface area contributed by atoms with E-state index in [9.17, 15) is 4.79 Å². The van der Waals surface area contributed by atoms with E-state index in [1.165, 1.54) is 0 Å². The molecule has 0 fully saturated rings. The van der Waals surface area contributed by atoms with Crippen LogP contribution in [0.5, 0.6) is 5.75 Å². The van der Waals surface area contributed by atoms with Crippen LogP contribution < -0.4 is 15.8 Å². The molecule has 1 rings (SSSR count). The van der Waals surface area contributed by atoms with E-state index in [1.54, 1.807) is 32.4 Å². The maximum atomic E-state index is 12.0. The summed E-state index contributed by atoms with van der Waals surface area (Å²) in [5, 5.41) is 2.85. The molecular weight excluding hydrogens is 244 g/mol. The molecule has 0 aliphatic rings. The number of hydrogen-bond acceptors (Lipinski definition) is 4. The van der Waals surface area contributed by atoms with E-state index in [0.717, 1.165) is 25.9 Å². The summed E-state index contributed by atoms with van der Waals surface area (Å²) < 4.78 is 10.0. The maximum Gasteiger partial charge on any atom is 0.253 e. The molecule has 0 saturated carbocycles. The fourth-order valence-electron chi connectivity index (χ4n) is 1.70. The number of carbonyl (C=O) groups excluding carboxylic acids is 1. The van der Waals surface area contributed by atoms with Crippen molar-refractivity contribution >= 4 is 11.6 Å². The van der Waals surface area contributed by atoms with Crippen LogP contribution in [0.3, 0.4) is 0 Å². The van der Waals surface area contributed by atoms with E-state index in [4.69, 9.17) is 15.2 Å². The van der Waals surface area contributed by atoms with Crippen LogP contribution in [0, 0.1) is 0 Å². The summed E-state index contributed by atoms with van der Waals surface area (Å²) in [4.78, 5) is 12.0. The Morgan fingerprint density at radius 2 is 2.05 bits per heavy atom. The highest BCUT2D eigenvalue weighted by Gasteiger charge is 2.10. The number of benzene rings is 1. The first kappa shape index (κ1) is 15.3. The summed E-state index contributed by atoms with van der Waals surface area (Å²) in [6, 6.07) is 5.05. The van der Waals surface area contributed by atoms with Gasteiger partial charge in [-0.1, -0.05) is 0 Å². The zero-order valence-electron chi connectivity index (χ0n) is 11.6. The van der Waals surface area contributed by atoms with E-state index in [1.807, 2.05) is 0 Å². The van der Waals surface area contributed by atoms with Crippen LogP contribution in [0.25, 0.3) is 0 Å². The monoisotopic (exact) mass is 266 g/mol. The van der Waals surface area contributed by atoms with Gasteiger partial charge in [0.15, 0.2) is 0 Å². The number of nitrogen functional groups attached to an aromatic ring is 1. The minimum atomic E-state index is -0.164. The van der Waals surface area contributed by atoms with Crippen molar-refractivity contribution in [2.24, 2.45) is 0 Å². The van der Waals surface area contributed by atoms with Gasteiger partial charge in [0, 0.05) is 25.9 Å². The summed E-state index contributed by atoms with van der Waals surface area (Å²) in [7, 11) is 3.25. The van der Waals surface area contributed by atoms with Crippen LogP contribution in [0.4, 0.5) is 5.69 Å². The van der Waals surface area contributed by atoms with Crippen LogP contribution in [-0.2, 0) is 4.74 Å². The van der Waals surface area contributed by atoms with Crippen molar-refractivity contribution < 1.29 is 14.3 Å². The SMILES string of the molecule is COCCCCCNC(=O)c1cc(OC)ccc1N. The molecule has 0 heterocycles. The highest BCUT2D eigenvalue weighted by molar-refractivity contribution is 5.99. The van der Waals surface area contributed by atoms with Gasteiger partial charge >= 0.3 is 0 Å². The molecule has 0 spiro atoms. The largest absolute Gasteiger partial charge is 0.497 e. The summed E-state index contributed by atoms with van der Waals surface area (Å²) in [6.07, 6.45) is 2.97. The number of amides is 1. The number of ether oxygens (including phenoxy) is 2. The molecule has 0 saturated heterocycles. The second-order valence-electron chi connectivity index (χ2n) is 4.26. The van der Waals surface area contributed by atoms with Gasteiger partial charge in [0.2, 0.25) is 0 Å². The number of carbonyl (C=O) groups is 1. The number of rotatable bonds is 8. The van der Waals surface area contributed by atoms with Gasteiger partial charge in [-0.3, -0.25) is 4.79 Å². The molecule has 0 aromatic heterocycles. The van der Waals surface area contributed by atoms with Crippen LogP contribution in [-0.4, -0.2) is 33.3 Å². The van der Waals surface area contributed by atoms with Crippen molar-refractivity contribution in [1.29, 1.82) is 0 Å². The third-order valence-electron chi connectivity index (χ3n) is 2.82. The smallest absolute Gasteiger partial charge is 0.253 e. The first-order chi connectivity index (χ1) is 9.19. The van der Waals surface area contributed by atoms with Gasteiger partial charge in [-0.25, -0.2) is 0 Å². The molecule has 1 amide bonds. The van der Waals surface area contributed by atoms with E-state index in [2.05, 4.69) is 5.32 Å². The summed E-state index contributed by atoms with van der Waals surface area (Å²) in [5.41, 5.74) is 6.69. The number of nitrogens with one attached hydrogen (secondary N) is 1. The molecule has 0 bridgehead atoms. The normalized spacial score (nSPS) is 10.2. The zero-order valence-corrected chi connectivity index (χ0v) is 11.6. The van der Waals surface area contributed by atoms with Crippen molar-refractivity contribution in [3.63, 3.8) is 0 Å². The molecule has 0 unspecified atom stereocenters. The van der Waals surface area contributed by atoms with Gasteiger partial charge in [0.25, 0.3) is 5.91 Å². The average Bonchev–Trinajstić information content (AvgIpc) is 2.43. The Morgan fingerprint density at radius 1 is 1.26 bits per heavy atom. The Bertz CT molecular complexity index is 408. The fourth-order valence-corrected chi connectivity index (χ4v) is 1.70. The van der Waals surface area contributed by atoms with Crippen LogP contribution in [0.15, 0.2) is 18.2 Å². The number of methoxy groups -OCH3 is 2. The molecule has 5 nitrogen and oxygen atoms in total. The lowest BCUT2D eigenvalue weighted by Crippen LogP contribution is -2.25. The second kappa shape index (κ2) is 8.37. The lowest BCUT2D eigenvalue weighted by atomic mass is 10.1. The highest BCUT2D eigenvalue weighted by Crippen LogP contribution is 2.19. The molecule has 1 aromatic carbocycles. The first-order valence-corrected chi connectivity index (χ1v) is 6.39. The van der Waals surface area contributed by atoms with Gasteiger partial charge in [0.05, 0.1) is 12.7 Å². The van der Waals surface area contributed by atoms with E-state index in [-0.39, 0.29) is 5.91 Å². The average molecular weight is 266 g/mol. The highest BCUT2D eigenvalue weighted by atomic mass is 16.5. The summed E-state index contributed by atoms with van der Waals surface area (Å²) >= 11 is 0. The van der Waals surface area contributed by atoms with Crippen molar-refractivity contribution in [2.75, 3.05) is 33.1 Å². The molecule has 3 N–H and O–H groups in total. The summed E-state index contributed by atoms with van der Waals surface area (Å²) in [5.74, 6) is 0.461. The predicted molar refractivity (Wildman–Crippen MR) is 75.5 cm³/mol. The van der Waals surface area contributed by atoms with Crippen molar-refractivity contribution in [1.82, 2.24) is 5.32 Å². The maximum absolute atomic E-state index is 12.0. The first-order valence-electron chi connectivity index (χ1n) is 6.39. The van der Waals surface area contributed by atoms with Gasteiger partial charge < -0.3 is 20.5 Å². The lowest BCUT2D eigenvalue weighted by Gasteiger charge is -2.09. The van der Waals surface area contributed by atoms with Crippen LogP contribution in [0.2, 0.25) is 0 Å². The summed E-state index contributed by atoms with van der Waals surface area (Å²) in [6.45, 7) is 1.40. The van der Waals surface area contributed by atoms with E-state index >= 15 is 0 Å². The van der Waals surface area contributed by atoms with E-state index < -0.39 is 0 Å². The van der Waals surface area contributed by atoms with Gasteiger partial charge in [-0.15, -0.1) is 0 Å². The van der Waals surface area contributed by atoms with Gasteiger partial charge in [0.1, 0.15) is 5.75 Å². The Balaban J connectivity index is 2.40. The van der Waals surface area contributed by atoms with Crippen LogP contribution in [0.1, 0.15) is 29.6 Å². The lowest BCUT2D eigenvalue weighted by molar-refractivity contribution is 0.0953. The number of nitrogens with two attached hydrogens (primary N) is 1. The van der Waals surface area contributed by atoms with Crippen molar-refractivity contribution in [3.8, 4) is 5.75 Å². The van der Waals surface area contributed by atoms with Crippen molar-refractivity contribution in [2.45, 2.75) is 19.3 Å². The van der Waals surface area contributed by atoms with Gasteiger partial charge in [-0.05, 0) is 37.5 Å². The minimum Gasteiger partial charge on any atom is -0.497 e. The predicted octanol–water partition coefficient (Wildman–Crippen LogP) is 1.82. The molecule has 5 heteroatoms. The van der Waals surface area contributed by atoms with Gasteiger partial charge in [-0.2, -0.15) is 0 Å². The second-order valence-corrected chi connectivity index (χ2v) is 4.26. The molecule has 1 aromatic rings. The Labute approximate surface area is 114 Å². The molecule has 19 heavy (non-hydrogen) atoms. The third-order valence-corrected chi connectivity index (χ3v) is 2.82. The molecule has 0 aliphatic heterocycles. The topological polar surface area (TPSA) is 73.6 Å². The molecule has 0 radical (unpaired) electrons. The molecule has 0 atom stereocenters. The quantitative estimate of drug-likeness (QED) is 0.556. The molecular formula is C14H22N2O3. The van der Waals surface area contributed by atoms with Crippen LogP contribution >= 0.6 is 0 Å². The molecule has 106 valence electrons. The minimum absolute atomic E-state index is 0.164. The van der Waals surface area contributed by atoms with E-state index in [0.29, 0.717) is 23.5 Å². The Kier molecular flexibility index (Phi) is 6.74. The number of hydrogen-bond donors (Lipinski definition) is 2. The standard InChI is InChI=1S/C14H22N2O3/c1-18-9-5-3-4-8-16-14(17)12-10-11(19-2)6-7-13(12)15/h6-7,10H,3-5,8-9,15H2,1-2H3,(H,16,17). The number of unbranched alkanes of at least 4 members (excludes halogenated alkanes) is 2.